The number of amides is 1. The van der Waals surface area contributed by atoms with Crippen molar-refractivity contribution in [1.82, 2.24) is 15.5 Å². The molecule has 1 aromatic rings. The molecule has 1 aliphatic heterocycles. The van der Waals surface area contributed by atoms with Crippen LogP contribution in [0.3, 0.4) is 0 Å². The average Bonchev–Trinajstić information content (AvgIpc) is 2.77. The predicted octanol–water partition coefficient (Wildman–Crippen LogP) is 3.46. The van der Waals surface area contributed by atoms with Crippen LogP contribution in [0, 0.1) is 5.92 Å². The molecule has 7 nitrogen and oxygen atoms in total. The fraction of sp³-hybridized carbons (Fsp3) is 0.652. The van der Waals surface area contributed by atoms with E-state index in [-0.39, 0.29) is 29.9 Å². The maximum absolute atomic E-state index is 11.6. The van der Waals surface area contributed by atoms with Gasteiger partial charge in [-0.3, -0.25) is 9.79 Å². The smallest absolute Gasteiger partial charge is 0.220 e. The van der Waals surface area contributed by atoms with Gasteiger partial charge in [-0.2, -0.15) is 0 Å². The molecular formula is C23H39IN4O3. The van der Waals surface area contributed by atoms with Gasteiger partial charge in [-0.15, -0.1) is 24.0 Å². The highest BCUT2D eigenvalue weighted by Gasteiger charge is 2.23. The summed E-state index contributed by atoms with van der Waals surface area (Å²) in [7, 11) is 3.37. The van der Waals surface area contributed by atoms with Crippen molar-refractivity contribution in [3.63, 3.8) is 0 Å². The minimum atomic E-state index is 0. The highest BCUT2D eigenvalue weighted by atomic mass is 127. The quantitative estimate of drug-likeness (QED) is 0.204. The lowest BCUT2D eigenvalue weighted by molar-refractivity contribution is -0.121. The monoisotopic (exact) mass is 546 g/mol. The molecule has 0 aliphatic carbocycles. The number of nitrogens with one attached hydrogen (secondary N) is 2. The Morgan fingerprint density at radius 2 is 1.97 bits per heavy atom. The molecule has 1 saturated heterocycles. The SMILES string of the molecule is CCNC(=NCCCc1ccc(OC)c(OCC)c1)N1CCC(CC(=O)NC)CC1.I. The zero-order valence-corrected chi connectivity index (χ0v) is 21.7. The molecule has 0 radical (unpaired) electrons. The van der Waals surface area contributed by atoms with Gasteiger partial charge in [0.2, 0.25) is 5.91 Å². The van der Waals surface area contributed by atoms with E-state index in [1.54, 1.807) is 14.2 Å². The molecule has 2 rings (SSSR count). The molecule has 1 amide bonds. The number of methoxy groups -OCH3 is 1. The molecule has 0 spiro atoms. The van der Waals surface area contributed by atoms with Crippen LogP contribution in [-0.4, -0.2) is 63.7 Å². The third-order valence-electron chi connectivity index (χ3n) is 5.41. The number of piperidine rings is 1. The molecule has 176 valence electrons. The van der Waals surface area contributed by atoms with Gasteiger partial charge >= 0.3 is 0 Å². The predicted molar refractivity (Wildman–Crippen MR) is 137 cm³/mol. The summed E-state index contributed by atoms with van der Waals surface area (Å²) in [5.74, 6) is 3.17. The van der Waals surface area contributed by atoms with Crippen LogP contribution in [0.4, 0.5) is 0 Å². The number of guanidine groups is 1. The number of nitrogens with zero attached hydrogens (tertiary/aromatic N) is 2. The van der Waals surface area contributed by atoms with Crippen LogP contribution in [0.15, 0.2) is 23.2 Å². The first-order valence-electron chi connectivity index (χ1n) is 11.1. The topological polar surface area (TPSA) is 75.2 Å². The lowest BCUT2D eigenvalue weighted by Gasteiger charge is -2.34. The third kappa shape index (κ3) is 9.13. The van der Waals surface area contributed by atoms with Crippen LogP contribution in [0.5, 0.6) is 11.5 Å². The third-order valence-corrected chi connectivity index (χ3v) is 5.41. The van der Waals surface area contributed by atoms with E-state index in [4.69, 9.17) is 14.5 Å². The maximum Gasteiger partial charge on any atom is 0.220 e. The summed E-state index contributed by atoms with van der Waals surface area (Å²) in [5, 5.41) is 6.15. The lowest BCUT2D eigenvalue weighted by atomic mass is 9.93. The van der Waals surface area contributed by atoms with E-state index in [0.29, 0.717) is 18.9 Å². The van der Waals surface area contributed by atoms with E-state index in [1.807, 2.05) is 13.0 Å². The Morgan fingerprint density at radius 3 is 2.58 bits per heavy atom. The van der Waals surface area contributed by atoms with E-state index >= 15 is 0 Å². The molecule has 1 fully saturated rings. The van der Waals surface area contributed by atoms with Crippen LogP contribution in [-0.2, 0) is 11.2 Å². The number of ether oxygens (including phenoxy) is 2. The maximum atomic E-state index is 11.6. The van der Waals surface area contributed by atoms with E-state index in [2.05, 4.69) is 34.6 Å². The van der Waals surface area contributed by atoms with Crippen molar-refractivity contribution >= 4 is 35.8 Å². The van der Waals surface area contributed by atoms with Gasteiger partial charge in [0.05, 0.1) is 13.7 Å². The molecule has 8 heteroatoms. The number of rotatable bonds is 10. The van der Waals surface area contributed by atoms with Crippen molar-refractivity contribution < 1.29 is 14.3 Å². The Morgan fingerprint density at radius 1 is 1.23 bits per heavy atom. The number of aryl methyl sites for hydroxylation is 1. The van der Waals surface area contributed by atoms with Crippen LogP contribution < -0.4 is 20.1 Å². The number of halogens is 1. The summed E-state index contributed by atoms with van der Waals surface area (Å²) in [6.07, 6.45) is 4.61. The van der Waals surface area contributed by atoms with Crippen molar-refractivity contribution in [3.8, 4) is 11.5 Å². The van der Waals surface area contributed by atoms with Gasteiger partial charge in [0.1, 0.15) is 0 Å². The Labute approximate surface area is 204 Å². The number of benzene rings is 1. The molecule has 2 N–H and O–H groups in total. The standard InChI is InChI=1S/C23H38N4O3.HI/c1-5-25-23(27-14-11-19(12-15-27)17-22(28)24-3)26-13-7-8-18-9-10-20(29-4)21(16-18)30-6-2;/h9-10,16,19H,5-8,11-15,17H2,1-4H3,(H,24,28)(H,25,26);1H. The fourth-order valence-electron chi connectivity index (χ4n) is 3.75. The summed E-state index contributed by atoms with van der Waals surface area (Å²) in [4.78, 5) is 18.8. The fourth-order valence-corrected chi connectivity index (χ4v) is 3.75. The van der Waals surface area contributed by atoms with E-state index < -0.39 is 0 Å². The molecule has 1 aliphatic rings. The van der Waals surface area contributed by atoms with E-state index in [0.717, 1.165) is 69.3 Å². The highest BCUT2D eigenvalue weighted by Crippen LogP contribution is 2.28. The summed E-state index contributed by atoms with van der Waals surface area (Å²) in [6.45, 7) is 8.22. The Bertz CT molecular complexity index is 691. The zero-order valence-electron chi connectivity index (χ0n) is 19.4. The van der Waals surface area contributed by atoms with Crippen molar-refractivity contribution in [2.24, 2.45) is 10.9 Å². The number of carbonyl (C=O) groups is 1. The molecular weight excluding hydrogens is 507 g/mol. The van der Waals surface area contributed by atoms with Crippen LogP contribution >= 0.6 is 24.0 Å². The molecule has 31 heavy (non-hydrogen) atoms. The van der Waals surface area contributed by atoms with Crippen molar-refractivity contribution in [3.05, 3.63) is 23.8 Å². The van der Waals surface area contributed by atoms with Gasteiger partial charge in [0.15, 0.2) is 17.5 Å². The second-order valence-corrected chi connectivity index (χ2v) is 7.57. The van der Waals surface area contributed by atoms with Gasteiger partial charge in [-0.05, 0) is 63.1 Å². The van der Waals surface area contributed by atoms with Crippen molar-refractivity contribution in [2.45, 2.75) is 46.0 Å². The summed E-state index contributed by atoms with van der Waals surface area (Å²) in [5.41, 5.74) is 1.23. The number of carbonyl (C=O) groups excluding carboxylic acids is 1. The molecule has 0 aromatic heterocycles. The van der Waals surface area contributed by atoms with Crippen molar-refractivity contribution in [2.75, 3.05) is 46.9 Å². The molecule has 0 unspecified atom stereocenters. The Kier molecular flexibility index (Phi) is 13.4. The van der Waals surface area contributed by atoms with Crippen LogP contribution in [0.1, 0.15) is 45.1 Å². The van der Waals surface area contributed by atoms with Crippen LogP contribution in [0.25, 0.3) is 0 Å². The first-order valence-corrected chi connectivity index (χ1v) is 11.1. The van der Waals surface area contributed by atoms with Crippen LogP contribution in [0.2, 0.25) is 0 Å². The minimum Gasteiger partial charge on any atom is -0.493 e. The molecule has 0 saturated carbocycles. The van der Waals surface area contributed by atoms with E-state index in [9.17, 15) is 4.79 Å². The second-order valence-electron chi connectivity index (χ2n) is 7.57. The van der Waals surface area contributed by atoms with Gasteiger partial charge in [-0.1, -0.05) is 6.07 Å². The largest absolute Gasteiger partial charge is 0.493 e. The van der Waals surface area contributed by atoms with Gasteiger partial charge in [-0.25, -0.2) is 0 Å². The molecule has 1 heterocycles. The zero-order chi connectivity index (χ0) is 21.8. The van der Waals surface area contributed by atoms with Gasteiger partial charge < -0.3 is 25.0 Å². The number of hydrogen-bond donors (Lipinski definition) is 2. The minimum absolute atomic E-state index is 0. The summed E-state index contributed by atoms with van der Waals surface area (Å²) in [6, 6.07) is 6.12. The number of hydrogen-bond acceptors (Lipinski definition) is 4. The van der Waals surface area contributed by atoms with Gasteiger partial charge in [0.25, 0.3) is 0 Å². The van der Waals surface area contributed by atoms with Gasteiger partial charge in [0, 0.05) is 39.6 Å². The van der Waals surface area contributed by atoms with E-state index in [1.165, 1.54) is 5.56 Å². The lowest BCUT2D eigenvalue weighted by Crippen LogP contribution is -2.46. The highest BCUT2D eigenvalue weighted by molar-refractivity contribution is 14.0. The molecule has 0 atom stereocenters. The number of aliphatic imine (C=N–C) groups is 1. The summed E-state index contributed by atoms with van der Waals surface area (Å²) < 4.78 is 11.0. The second kappa shape index (κ2) is 15.2. The first kappa shape index (κ1) is 27.3. The number of likely N-dealkylation sites (tertiary alicyclic amines) is 1. The van der Waals surface area contributed by atoms with Crippen molar-refractivity contribution in [1.29, 1.82) is 0 Å². The first-order chi connectivity index (χ1) is 14.6. The summed E-state index contributed by atoms with van der Waals surface area (Å²) >= 11 is 0. The molecule has 1 aromatic carbocycles. The average molecular weight is 546 g/mol. The Hall–Kier alpha value is -1.71. The Balaban J connectivity index is 0.00000480. The molecule has 0 bridgehead atoms. The normalized spacial score (nSPS) is 14.6.